The lowest BCUT2D eigenvalue weighted by atomic mass is 10.0. The molecule has 1 atom stereocenters. The second-order valence-corrected chi connectivity index (χ2v) is 9.80. The standard InChI is InChI=1S/C23H29N3O3S/c1-6-18(5)26(30(27,28)21-12-10-19(11-13-21)16(2)3)15-22-24-23(25-29-22)20-9-7-8-17(4)14-20/h7-14,16,18H,6,15H2,1-5H3. The quantitative estimate of drug-likeness (QED) is 0.496. The maximum atomic E-state index is 13.4. The first-order chi connectivity index (χ1) is 14.2. The lowest BCUT2D eigenvalue weighted by Gasteiger charge is -2.26. The van der Waals surface area contributed by atoms with Gasteiger partial charge in [-0.15, -0.1) is 0 Å². The van der Waals surface area contributed by atoms with Crippen molar-refractivity contribution in [2.24, 2.45) is 0 Å². The fourth-order valence-corrected chi connectivity index (χ4v) is 4.85. The Morgan fingerprint density at radius 2 is 1.77 bits per heavy atom. The van der Waals surface area contributed by atoms with Crippen molar-refractivity contribution in [3.63, 3.8) is 0 Å². The van der Waals surface area contributed by atoms with Crippen molar-refractivity contribution in [1.29, 1.82) is 0 Å². The van der Waals surface area contributed by atoms with Crippen LogP contribution >= 0.6 is 0 Å². The highest BCUT2D eigenvalue weighted by atomic mass is 32.2. The molecule has 3 rings (SSSR count). The van der Waals surface area contributed by atoms with Gasteiger partial charge in [0.2, 0.25) is 21.7 Å². The molecule has 2 aromatic carbocycles. The van der Waals surface area contributed by atoms with Crippen LogP contribution in [-0.4, -0.2) is 28.9 Å². The smallest absolute Gasteiger partial charge is 0.243 e. The highest BCUT2D eigenvalue weighted by Gasteiger charge is 2.30. The average molecular weight is 428 g/mol. The fraction of sp³-hybridized carbons (Fsp3) is 0.391. The Balaban J connectivity index is 1.89. The molecule has 30 heavy (non-hydrogen) atoms. The van der Waals surface area contributed by atoms with Crippen LogP contribution in [0.1, 0.15) is 57.1 Å². The number of aryl methyl sites for hydroxylation is 1. The zero-order chi connectivity index (χ0) is 21.9. The lowest BCUT2D eigenvalue weighted by molar-refractivity contribution is 0.273. The van der Waals surface area contributed by atoms with Crippen LogP contribution in [0.2, 0.25) is 0 Å². The molecule has 1 unspecified atom stereocenters. The average Bonchev–Trinajstić information content (AvgIpc) is 3.20. The van der Waals surface area contributed by atoms with E-state index >= 15 is 0 Å². The van der Waals surface area contributed by atoms with E-state index in [0.29, 0.717) is 18.2 Å². The minimum Gasteiger partial charge on any atom is -0.338 e. The van der Waals surface area contributed by atoms with Gasteiger partial charge in [-0.1, -0.05) is 61.8 Å². The van der Waals surface area contributed by atoms with Gasteiger partial charge in [0.15, 0.2) is 0 Å². The van der Waals surface area contributed by atoms with E-state index in [0.717, 1.165) is 16.7 Å². The van der Waals surface area contributed by atoms with E-state index < -0.39 is 10.0 Å². The Morgan fingerprint density at radius 1 is 1.07 bits per heavy atom. The molecule has 0 fully saturated rings. The summed E-state index contributed by atoms with van der Waals surface area (Å²) in [6.45, 7) is 10.0. The number of nitrogens with zero attached hydrogens (tertiary/aromatic N) is 3. The maximum absolute atomic E-state index is 13.4. The zero-order valence-electron chi connectivity index (χ0n) is 18.2. The molecule has 1 heterocycles. The number of rotatable bonds is 8. The van der Waals surface area contributed by atoms with Gasteiger partial charge in [0, 0.05) is 11.6 Å². The molecule has 7 heteroatoms. The molecule has 0 N–H and O–H groups in total. The summed E-state index contributed by atoms with van der Waals surface area (Å²) in [4.78, 5) is 4.71. The van der Waals surface area contributed by atoms with Crippen molar-refractivity contribution >= 4 is 10.0 Å². The van der Waals surface area contributed by atoms with Gasteiger partial charge in [0.05, 0.1) is 11.4 Å². The second-order valence-electron chi connectivity index (χ2n) is 7.91. The molecule has 6 nitrogen and oxygen atoms in total. The molecule has 0 bridgehead atoms. The largest absolute Gasteiger partial charge is 0.338 e. The van der Waals surface area contributed by atoms with Crippen LogP contribution in [0.25, 0.3) is 11.4 Å². The predicted octanol–water partition coefficient (Wildman–Crippen LogP) is 5.16. The van der Waals surface area contributed by atoms with Gasteiger partial charge in [-0.3, -0.25) is 0 Å². The third kappa shape index (κ3) is 4.79. The van der Waals surface area contributed by atoms with Gasteiger partial charge in [-0.25, -0.2) is 8.42 Å². The summed E-state index contributed by atoms with van der Waals surface area (Å²) >= 11 is 0. The van der Waals surface area contributed by atoms with Crippen molar-refractivity contribution < 1.29 is 12.9 Å². The lowest BCUT2D eigenvalue weighted by Crippen LogP contribution is -2.37. The summed E-state index contributed by atoms with van der Waals surface area (Å²) in [6, 6.07) is 14.7. The Labute approximate surface area is 179 Å². The normalized spacial score (nSPS) is 13.2. The first-order valence-electron chi connectivity index (χ1n) is 10.2. The molecule has 160 valence electrons. The summed E-state index contributed by atoms with van der Waals surface area (Å²) in [5.41, 5.74) is 3.03. The van der Waals surface area contributed by atoms with Gasteiger partial charge in [0.1, 0.15) is 0 Å². The molecular weight excluding hydrogens is 398 g/mol. The maximum Gasteiger partial charge on any atom is 0.243 e. The van der Waals surface area contributed by atoms with Gasteiger partial charge in [-0.2, -0.15) is 9.29 Å². The van der Waals surface area contributed by atoms with Gasteiger partial charge in [0.25, 0.3) is 0 Å². The number of sulfonamides is 1. The van der Waals surface area contributed by atoms with E-state index in [9.17, 15) is 8.42 Å². The summed E-state index contributed by atoms with van der Waals surface area (Å²) in [7, 11) is -3.71. The predicted molar refractivity (Wildman–Crippen MR) is 117 cm³/mol. The molecule has 0 saturated carbocycles. The van der Waals surface area contributed by atoms with Gasteiger partial charge in [-0.05, 0) is 49.9 Å². The van der Waals surface area contributed by atoms with Crippen LogP contribution < -0.4 is 0 Å². The molecular formula is C23H29N3O3S. The first-order valence-corrected chi connectivity index (χ1v) is 11.7. The third-order valence-corrected chi connectivity index (χ3v) is 7.25. The highest BCUT2D eigenvalue weighted by molar-refractivity contribution is 7.89. The van der Waals surface area contributed by atoms with Crippen molar-refractivity contribution in [2.75, 3.05) is 0 Å². The van der Waals surface area contributed by atoms with Crippen molar-refractivity contribution in [3.05, 3.63) is 65.5 Å². The van der Waals surface area contributed by atoms with Crippen molar-refractivity contribution in [1.82, 2.24) is 14.4 Å². The first kappa shape index (κ1) is 22.2. The van der Waals surface area contributed by atoms with E-state index in [4.69, 9.17) is 4.52 Å². The summed E-state index contributed by atoms with van der Waals surface area (Å²) in [5, 5.41) is 4.04. The SMILES string of the molecule is CCC(C)N(Cc1nc(-c2cccc(C)c2)no1)S(=O)(=O)c1ccc(C(C)C)cc1. The number of hydrogen-bond donors (Lipinski definition) is 0. The molecule has 3 aromatic rings. The molecule has 0 aliphatic rings. The van der Waals surface area contributed by atoms with E-state index in [1.54, 1.807) is 12.1 Å². The van der Waals surface area contributed by atoms with E-state index in [-0.39, 0.29) is 23.4 Å². The van der Waals surface area contributed by atoms with Crippen LogP contribution in [0.4, 0.5) is 0 Å². The summed E-state index contributed by atoms with van der Waals surface area (Å²) < 4.78 is 33.6. The van der Waals surface area contributed by atoms with Crippen LogP contribution in [0.5, 0.6) is 0 Å². The topological polar surface area (TPSA) is 76.3 Å². The van der Waals surface area contributed by atoms with E-state index in [2.05, 4.69) is 24.0 Å². The molecule has 1 aromatic heterocycles. The Kier molecular flexibility index (Phi) is 6.73. The van der Waals surface area contributed by atoms with Gasteiger partial charge < -0.3 is 4.52 Å². The van der Waals surface area contributed by atoms with E-state index in [1.807, 2.05) is 57.2 Å². The number of benzene rings is 2. The van der Waals surface area contributed by atoms with Crippen molar-refractivity contribution in [2.45, 2.75) is 64.4 Å². The fourth-order valence-electron chi connectivity index (χ4n) is 3.20. The Morgan fingerprint density at radius 3 is 2.37 bits per heavy atom. The number of hydrogen-bond acceptors (Lipinski definition) is 5. The van der Waals surface area contributed by atoms with Crippen LogP contribution in [0.3, 0.4) is 0 Å². The third-order valence-electron chi connectivity index (χ3n) is 5.27. The number of aromatic nitrogens is 2. The molecule has 0 radical (unpaired) electrons. The minimum absolute atomic E-state index is 0.0298. The summed E-state index contributed by atoms with van der Waals surface area (Å²) in [6.07, 6.45) is 0.669. The van der Waals surface area contributed by atoms with Crippen LogP contribution in [0.15, 0.2) is 57.9 Å². The molecule has 0 spiro atoms. The molecule has 0 aliphatic carbocycles. The highest BCUT2D eigenvalue weighted by Crippen LogP contribution is 2.25. The minimum atomic E-state index is -3.71. The molecule has 0 aliphatic heterocycles. The Bertz CT molecular complexity index is 1090. The van der Waals surface area contributed by atoms with E-state index in [1.165, 1.54) is 4.31 Å². The van der Waals surface area contributed by atoms with Gasteiger partial charge >= 0.3 is 0 Å². The monoisotopic (exact) mass is 427 g/mol. The second kappa shape index (κ2) is 9.10. The zero-order valence-corrected chi connectivity index (χ0v) is 19.0. The molecule has 0 saturated heterocycles. The van der Waals surface area contributed by atoms with Crippen LogP contribution in [-0.2, 0) is 16.6 Å². The van der Waals surface area contributed by atoms with Crippen LogP contribution in [0, 0.1) is 6.92 Å². The van der Waals surface area contributed by atoms with Crippen molar-refractivity contribution in [3.8, 4) is 11.4 Å². The Hall–Kier alpha value is -2.51. The molecule has 0 amide bonds. The summed E-state index contributed by atoms with van der Waals surface area (Å²) in [5.74, 6) is 1.07.